The number of nitrogens with zero attached hydrogens (tertiary/aromatic N) is 4. The molecule has 0 unspecified atom stereocenters. The minimum absolute atomic E-state index is 0.0936. The number of urea groups is 1. The normalized spacial score (nSPS) is 19.2. The van der Waals surface area contributed by atoms with Crippen molar-refractivity contribution in [2.24, 2.45) is 4.99 Å². The second-order valence-electron chi connectivity index (χ2n) is 9.57. The number of H-pyrrole nitrogens is 1. The van der Waals surface area contributed by atoms with Gasteiger partial charge in [0.15, 0.2) is 0 Å². The molecule has 2 atom stereocenters. The number of benzene rings is 2. The highest BCUT2D eigenvalue weighted by Gasteiger charge is 2.45. The number of amides is 3. The van der Waals surface area contributed by atoms with Crippen LogP contribution in [-0.4, -0.2) is 63.2 Å². The number of nitro groups is 1. The first-order valence-electron chi connectivity index (χ1n) is 12.5. The smallest absolute Gasteiger partial charge is 0.326 e. The summed E-state index contributed by atoms with van der Waals surface area (Å²) in [6.45, 7) is 4.19. The van der Waals surface area contributed by atoms with E-state index in [1.54, 1.807) is 35.5 Å². The quantitative estimate of drug-likeness (QED) is 0.345. The Balaban J connectivity index is 1.70. The van der Waals surface area contributed by atoms with E-state index < -0.39 is 23.0 Å². The van der Waals surface area contributed by atoms with Crippen LogP contribution in [0.5, 0.6) is 5.75 Å². The van der Waals surface area contributed by atoms with Crippen LogP contribution in [0.1, 0.15) is 42.6 Å². The van der Waals surface area contributed by atoms with Gasteiger partial charge in [0.1, 0.15) is 24.2 Å². The summed E-state index contributed by atoms with van der Waals surface area (Å²) in [4.78, 5) is 48.6. The zero-order valence-electron chi connectivity index (χ0n) is 21.3. The minimum atomic E-state index is -0.577. The van der Waals surface area contributed by atoms with E-state index in [0.29, 0.717) is 29.5 Å². The van der Waals surface area contributed by atoms with Crippen LogP contribution in [0.25, 0.3) is 0 Å². The molecule has 0 spiro atoms. The second kappa shape index (κ2) is 10.8. The van der Waals surface area contributed by atoms with Gasteiger partial charge in [-0.1, -0.05) is 23.7 Å². The van der Waals surface area contributed by atoms with E-state index in [9.17, 15) is 19.7 Å². The lowest BCUT2D eigenvalue weighted by Gasteiger charge is -2.35. The molecule has 39 heavy (non-hydrogen) atoms. The van der Waals surface area contributed by atoms with E-state index in [1.165, 1.54) is 17.0 Å². The van der Waals surface area contributed by atoms with Gasteiger partial charge in [-0.05, 0) is 49.2 Å². The summed E-state index contributed by atoms with van der Waals surface area (Å²) in [6, 6.07) is 11.9. The fourth-order valence-electron chi connectivity index (χ4n) is 4.83. The number of halogens is 1. The largest absolute Gasteiger partial charge is 0.490 e. The number of rotatable bonds is 6. The molecule has 12 heteroatoms. The second-order valence-corrected chi connectivity index (χ2v) is 10.0. The van der Waals surface area contributed by atoms with Crippen molar-refractivity contribution in [2.45, 2.75) is 32.0 Å². The third kappa shape index (κ3) is 5.30. The van der Waals surface area contributed by atoms with Crippen LogP contribution in [0, 0.1) is 10.1 Å². The molecular formula is C27H27ClN6O5. The summed E-state index contributed by atoms with van der Waals surface area (Å²) in [5.41, 5.74) is 1.91. The maximum absolute atomic E-state index is 14.2. The molecule has 11 nitrogen and oxygen atoms in total. The Bertz CT molecular complexity index is 1420. The van der Waals surface area contributed by atoms with Gasteiger partial charge >= 0.3 is 6.03 Å². The Morgan fingerprint density at radius 2 is 1.95 bits per heavy atom. The summed E-state index contributed by atoms with van der Waals surface area (Å²) in [5.74, 6) is 0.276. The fourth-order valence-corrected chi connectivity index (χ4v) is 4.96. The van der Waals surface area contributed by atoms with E-state index >= 15 is 0 Å². The number of carbonyl (C=O) groups is 2. The first-order chi connectivity index (χ1) is 18.7. The maximum atomic E-state index is 14.2. The average Bonchev–Trinajstić information content (AvgIpc) is 3.56. The number of hydrogen-bond donors (Lipinski definition) is 2. The molecule has 3 aromatic rings. The fraction of sp³-hybridized carbons (Fsp3) is 0.296. The lowest BCUT2D eigenvalue weighted by atomic mass is 9.95. The van der Waals surface area contributed by atoms with Gasteiger partial charge in [-0.2, -0.15) is 0 Å². The summed E-state index contributed by atoms with van der Waals surface area (Å²) in [6.07, 6.45) is 3.27. The Hall–Kier alpha value is -4.38. The molecule has 3 heterocycles. The highest BCUT2D eigenvalue weighted by atomic mass is 35.5. The van der Waals surface area contributed by atoms with Crippen molar-refractivity contribution in [1.82, 2.24) is 20.1 Å². The van der Waals surface area contributed by atoms with Crippen molar-refractivity contribution < 1.29 is 19.2 Å². The molecule has 5 rings (SSSR count). The third-order valence-electron chi connectivity index (χ3n) is 6.54. The predicted octanol–water partition coefficient (Wildman–Crippen LogP) is 4.46. The highest BCUT2D eigenvalue weighted by Crippen LogP contribution is 2.45. The highest BCUT2D eigenvalue weighted by molar-refractivity contribution is 6.30. The number of aromatic nitrogens is 1. The molecule has 0 radical (unpaired) electrons. The summed E-state index contributed by atoms with van der Waals surface area (Å²) < 4.78 is 6.00. The van der Waals surface area contributed by atoms with Crippen LogP contribution >= 0.6 is 11.6 Å². The van der Waals surface area contributed by atoms with Crippen molar-refractivity contribution in [3.05, 3.63) is 92.8 Å². The maximum Gasteiger partial charge on any atom is 0.326 e. The molecule has 1 aromatic heterocycles. The molecule has 2 aliphatic heterocycles. The van der Waals surface area contributed by atoms with E-state index in [-0.39, 0.29) is 30.0 Å². The number of hydrogen-bond acceptors (Lipinski definition) is 6. The van der Waals surface area contributed by atoms with Crippen molar-refractivity contribution in [3.63, 3.8) is 0 Å². The number of non-ortho nitro benzene ring substituents is 1. The van der Waals surface area contributed by atoms with Gasteiger partial charge in [0.2, 0.25) is 5.91 Å². The van der Waals surface area contributed by atoms with Crippen molar-refractivity contribution >= 4 is 35.1 Å². The minimum Gasteiger partial charge on any atom is -0.490 e. The number of aromatic amines is 1. The van der Waals surface area contributed by atoms with Crippen molar-refractivity contribution in [3.8, 4) is 5.75 Å². The molecule has 2 aromatic carbocycles. The molecule has 3 amide bonds. The number of piperazine rings is 1. The van der Waals surface area contributed by atoms with Gasteiger partial charge in [-0.3, -0.25) is 24.8 Å². The van der Waals surface area contributed by atoms with E-state index in [0.717, 1.165) is 11.1 Å². The van der Waals surface area contributed by atoms with Crippen LogP contribution in [0.15, 0.2) is 65.9 Å². The van der Waals surface area contributed by atoms with Gasteiger partial charge < -0.3 is 19.9 Å². The molecule has 2 aliphatic rings. The summed E-state index contributed by atoms with van der Waals surface area (Å²) in [5, 5.41) is 14.9. The zero-order chi connectivity index (χ0) is 27.7. The van der Waals surface area contributed by atoms with Crippen molar-refractivity contribution in [1.29, 1.82) is 0 Å². The molecule has 0 bridgehead atoms. The molecule has 0 aliphatic carbocycles. The van der Waals surface area contributed by atoms with Crippen molar-refractivity contribution in [2.75, 3.05) is 19.6 Å². The molecule has 202 valence electrons. The van der Waals surface area contributed by atoms with Crippen LogP contribution in [0.2, 0.25) is 5.02 Å². The number of amidine groups is 1. The lowest BCUT2D eigenvalue weighted by molar-refractivity contribution is -0.384. The summed E-state index contributed by atoms with van der Waals surface area (Å²) >= 11 is 6.16. The van der Waals surface area contributed by atoms with Crippen LogP contribution in [0.3, 0.4) is 0 Å². The van der Waals surface area contributed by atoms with Crippen LogP contribution in [-0.2, 0) is 4.79 Å². The topological polar surface area (TPSA) is 133 Å². The number of carbonyl (C=O) groups excluding carboxylic acids is 2. The first-order valence-corrected chi connectivity index (χ1v) is 12.9. The van der Waals surface area contributed by atoms with Crippen LogP contribution < -0.4 is 10.1 Å². The van der Waals surface area contributed by atoms with Gasteiger partial charge in [-0.25, -0.2) is 4.79 Å². The standard InChI is InChI=1S/C27H27ClN6O5/c1-16(2)39-22-13-20(34(37)38)7-8-21(22)26-31-24(17-3-5-19(28)6-4-17)25(18-9-10-29-14-18)33(26)27(36)32-12-11-30-23(35)15-32/h3-10,13-14,16,24-25,29H,11-12,15H2,1-2H3,(H,30,35)/t24-,25+/m0/s1. The molecular weight excluding hydrogens is 524 g/mol. The Labute approximate surface area is 229 Å². The Morgan fingerprint density at radius 1 is 1.18 bits per heavy atom. The molecule has 1 fully saturated rings. The van der Waals surface area contributed by atoms with Crippen LogP contribution in [0.4, 0.5) is 10.5 Å². The molecule has 2 N–H and O–H groups in total. The first kappa shape index (κ1) is 26.2. The van der Waals surface area contributed by atoms with Gasteiger partial charge in [0.25, 0.3) is 5.69 Å². The van der Waals surface area contributed by atoms with Gasteiger partial charge in [0.05, 0.1) is 28.7 Å². The third-order valence-corrected chi connectivity index (χ3v) is 6.79. The summed E-state index contributed by atoms with van der Waals surface area (Å²) in [7, 11) is 0. The van der Waals surface area contributed by atoms with Gasteiger partial charge in [0, 0.05) is 36.6 Å². The Kier molecular flexibility index (Phi) is 7.25. The monoisotopic (exact) mass is 550 g/mol. The van der Waals surface area contributed by atoms with Gasteiger partial charge in [-0.15, -0.1) is 0 Å². The molecule has 0 saturated carbocycles. The number of ether oxygens (including phenoxy) is 1. The SMILES string of the molecule is CC(C)Oc1cc([N+](=O)[O-])ccc1C1=N[C@@H](c2ccc(Cl)cc2)[C@@H](c2cc[nH]c2)N1C(=O)N1CCNC(=O)C1. The Morgan fingerprint density at radius 3 is 2.59 bits per heavy atom. The number of nitrogens with one attached hydrogen (secondary N) is 2. The number of aliphatic imine (C=N–C) groups is 1. The lowest BCUT2D eigenvalue weighted by Crippen LogP contribution is -2.55. The van der Waals surface area contributed by atoms with E-state index in [4.69, 9.17) is 21.3 Å². The number of nitro benzene ring substituents is 1. The van der Waals surface area contributed by atoms with E-state index in [2.05, 4.69) is 10.3 Å². The molecule has 1 saturated heterocycles. The zero-order valence-corrected chi connectivity index (χ0v) is 22.1. The van der Waals surface area contributed by atoms with E-state index in [1.807, 2.05) is 32.0 Å². The average molecular weight is 551 g/mol. The predicted molar refractivity (Wildman–Crippen MR) is 145 cm³/mol.